The minimum atomic E-state index is -1.19. The van der Waals surface area contributed by atoms with Crippen LogP contribution in [0.2, 0.25) is 0 Å². The van der Waals surface area contributed by atoms with Crippen molar-refractivity contribution in [2.45, 2.75) is 5.54 Å². The third kappa shape index (κ3) is 2.13. The van der Waals surface area contributed by atoms with Crippen LogP contribution in [0.15, 0.2) is 60.7 Å². The van der Waals surface area contributed by atoms with Crippen LogP contribution >= 0.6 is 0 Å². The summed E-state index contributed by atoms with van der Waals surface area (Å²) in [4.78, 5) is 23.8. The van der Waals surface area contributed by atoms with Crippen molar-refractivity contribution in [1.82, 2.24) is 5.32 Å². The van der Waals surface area contributed by atoms with Gasteiger partial charge in [0.2, 0.25) is 0 Å². The zero-order valence-corrected chi connectivity index (χ0v) is 11.0. The maximum Gasteiger partial charge on any atom is 1.00 e. The predicted octanol–water partition coefficient (Wildman–Crippen LogP) is -0.442. The van der Waals surface area contributed by atoms with Gasteiger partial charge in [0.05, 0.1) is 5.54 Å². The zero-order chi connectivity index (χ0) is 13.3. The molecule has 0 spiro atoms. The number of carbonyl (C=O) groups excluding carboxylic acids is 2. The normalized spacial score (nSPS) is 16.0. The molecule has 0 aliphatic carbocycles. The first-order chi connectivity index (χ1) is 9.23. The average molecular weight is 258 g/mol. The van der Waals surface area contributed by atoms with Gasteiger partial charge < -0.3 is 10.6 Å². The van der Waals surface area contributed by atoms with Crippen molar-refractivity contribution < 1.29 is 28.4 Å². The SMILES string of the molecule is O=C1[N-]C(=O)C(c2ccccc2)(c2ccccc2)N1.[Li+]. The van der Waals surface area contributed by atoms with Crippen LogP contribution in [0.4, 0.5) is 4.79 Å². The van der Waals surface area contributed by atoms with Gasteiger partial charge in [-0.2, -0.15) is 0 Å². The van der Waals surface area contributed by atoms with Gasteiger partial charge in [0.25, 0.3) is 0 Å². The Morgan fingerprint density at radius 2 is 1.25 bits per heavy atom. The Morgan fingerprint density at radius 1 is 0.800 bits per heavy atom. The average Bonchev–Trinajstić information content (AvgIpc) is 2.76. The van der Waals surface area contributed by atoms with Gasteiger partial charge in [-0.25, -0.2) is 0 Å². The predicted molar refractivity (Wildman–Crippen MR) is 70.6 cm³/mol. The van der Waals surface area contributed by atoms with Crippen molar-refractivity contribution in [3.05, 3.63) is 77.1 Å². The molecule has 3 rings (SSSR count). The number of carbonyl (C=O) groups is 2. The van der Waals surface area contributed by atoms with Gasteiger partial charge in [-0.3, -0.25) is 9.59 Å². The Hall–Kier alpha value is -2.02. The number of urea groups is 1. The van der Waals surface area contributed by atoms with E-state index in [2.05, 4.69) is 10.6 Å². The molecule has 20 heavy (non-hydrogen) atoms. The fourth-order valence-corrected chi connectivity index (χ4v) is 2.35. The molecular weight excluding hydrogens is 247 g/mol. The van der Waals surface area contributed by atoms with Crippen molar-refractivity contribution in [3.63, 3.8) is 0 Å². The standard InChI is InChI=1S/C15H12N2O2.Li/c18-13-15(17-14(19)16-13,11-7-3-1-4-8-11)12-9-5-2-6-10-12;/h1-10H,(H2,16,17,18,19);/q;+1/p-1. The van der Waals surface area contributed by atoms with Crippen molar-refractivity contribution >= 4 is 11.9 Å². The largest absolute Gasteiger partial charge is 1.00 e. The summed E-state index contributed by atoms with van der Waals surface area (Å²) in [5, 5.41) is 6.20. The molecule has 1 saturated heterocycles. The third-order valence-corrected chi connectivity index (χ3v) is 3.23. The number of imide groups is 1. The van der Waals surface area contributed by atoms with E-state index in [9.17, 15) is 9.59 Å². The number of amides is 3. The number of benzene rings is 2. The fourth-order valence-electron chi connectivity index (χ4n) is 2.35. The molecule has 94 valence electrons. The zero-order valence-electron chi connectivity index (χ0n) is 11.0. The molecule has 1 aliphatic heterocycles. The quantitative estimate of drug-likeness (QED) is 0.586. The summed E-state index contributed by atoms with van der Waals surface area (Å²) in [6.07, 6.45) is 0. The van der Waals surface area contributed by atoms with Gasteiger partial charge in [0, 0.05) is 0 Å². The molecule has 3 amide bonds. The number of nitrogens with one attached hydrogen (secondary N) is 1. The summed E-state index contributed by atoms with van der Waals surface area (Å²) in [5.41, 5.74) is 0.223. The van der Waals surface area contributed by atoms with E-state index >= 15 is 0 Å². The van der Waals surface area contributed by atoms with E-state index in [1.807, 2.05) is 60.7 Å². The molecule has 0 bridgehead atoms. The minimum Gasteiger partial charge on any atom is -0.430 e. The number of hydrogen-bond donors (Lipinski definition) is 1. The first kappa shape index (κ1) is 14.4. The van der Waals surface area contributed by atoms with E-state index in [0.29, 0.717) is 11.1 Å². The molecule has 0 saturated carbocycles. The Bertz CT molecular complexity index is 589. The molecule has 5 heteroatoms. The van der Waals surface area contributed by atoms with Crippen molar-refractivity contribution in [2.24, 2.45) is 0 Å². The first-order valence-corrected chi connectivity index (χ1v) is 5.93. The molecule has 2 aromatic carbocycles. The Morgan fingerprint density at radius 3 is 1.60 bits per heavy atom. The maximum absolute atomic E-state index is 12.3. The number of hydrogen-bond acceptors (Lipinski definition) is 2. The van der Waals surface area contributed by atoms with Gasteiger partial charge in [-0.05, 0) is 11.1 Å². The van der Waals surface area contributed by atoms with E-state index in [1.165, 1.54) is 0 Å². The third-order valence-electron chi connectivity index (χ3n) is 3.23. The van der Waals surface area contributed by atoms with E-state index in [4.69, 9.17) is 0 Å². The van der Waals surface area contributed by atoms with Crippen molar-refractivity contribution in [3.8, 4) is 0 Å². The monoisotopic (exact) mass is 258 g/mol. The van der Waals surface area contributed by atoms with Crippen LogP contribution in [0.3, 0.4) is 0 Å². The molecule has 0 unspecified atom stereocenters. The van der Waals surface area contributed by atoms with E-state index < -0.39 is 17.5 Å². The second-order valence-electron chi connectivity index (χ2n) is 4.33. The van der Waals surface area contributed by atoms with Gasteiger partial charge in [-0.15, -0.1) is 0 Å². The summed E-state index contributed by atoms with van der Waals surface area (Å²) >= 11 is 0. The Labute approximate surface area is 128 Å². The molecular formula is C15H11LiN2O2. The van der Waals surface area contributed by atoms with E-state index in [1.54, 1.807) is 0 Å². The molecule has 0 atom stereocenters. The van der Waals surface area contributed by atoms with E-state index in [-0.39, 0.29) is 18.9 Å². The fraction of sp³-hybridized carbons (Fsp3) is 0.0667. The second-order valence-corrected chi connectivity index (χ2v) is 4.33. The van der Waals surface area contributed by atoms with Crippen LogP contribution in [0, 0.1) is 0 Å². The molecule has 1 aliphatic rings. The molecule has 1 N–H and O–H groups in total. The van der Waals surface area contributed by atoms with Crippen LogP contribution in [0.25, 0.3) is 5.32 Å². The van der Waals surface area contributed by atoms with Crippen LogP contribution in [-0.4, -0.2) is 11.9 Å². The number of nitrogens with zero attached hydrogens (tertiary/aromatic N) is 1. The van der Waals surface area contributed by atoms with Crippen LogP contribution in [0.1, 0.15) is 11.1 Å². The van der Waals surface area contributed by atoms with Gasteiger partial charge >= 0.3 is 18.9 Å². The summed E-state index contributed by atoms with van der Waals surface area (Å²) in [6.45, 7) is 0. The molecule has 0 radical (unpaired) electrons. The van der Waals surface area contributed by atoms with Crippen molar-refractivity contribution in [1.29, 1.82) is 0 Å². The molecule has 0 aromatic heterocycles. The van der Waals surface area contributed by atoms with Crippen LogP contribution in [0.5, 0.6) is 0 Å². The molecule has 1 heterocycles. The Balaban J connectivity index is 0.00000147. The summed E-state index contributed by atoms with van der Waals surface area (Å²) in [5.74, 6) is -0.477. The van der Waals surface area contributed by atoms with Gasteiger partial charge in [0.1, 0.15) is 0 Å². The number of rotatable bonds is 2. The summed E-state index contributed by atoms with van der Waals surface area (Å²) < 4.78 is 0. The second kappa shape index (κ2) is 5.54. The minimum absolute atomic E-state index is 0. The maximum atomic E-state index is 12.3. The van der Waals surface area contributed by atoms with Crippen molar-refractivity contribution in [2.75, 3.05) is 0 Å². The smallest absolute Gasteiger partial charge is 0.430 e. The van der Waals surface area contributed by atoms with E-state index in [0.717, 1.165) is 0 Å². The van der Waals surface area contributed by atoms with Crippen LogP contribution in [-0.2, 0) is 10.3 Å². The summed E-state index contributed by atoms with van der Waals surface area (Å²) in [7, 11) is 0. The molecule has 2 aromatic rings. The Kier molecular flexibility index (Phi) is 3.98. The molecule has 4 nitrogen and oxygen atoms in total. The van der Waals surface area contributed by atoms with Gasteiger partial charge in [0.15, 0.2) is 11.9 Å². The summed E-state index contributed by atoms with van der Waals surface area (Å²) in [6, 6.07) is 17.7. The van der Waals surface area contributed by atoms with Gasteiger partial charge in [-0.1, -0.05) is 60.7 Å². The van der Waals surface area contributed by atoms with Crippen LogP contribution < -0.4 is 24.2 Å². The topological polar surface area (TPSA) is 60.3 Å². The first-order valence-electron chi connectivity index (χ1n) is 5.93. The molecule has 1 fully saturated rings.